The Bertz CT molecular complexity index is 1190. The van der Waals surface area contributed by atoms with Gasteiger partial charge in [-0.05, 0) is 93.5 Å². The number of alkyl halides is 2. The van der Waals surface area contributed by atoms with Crippen LogP contribution in [0.1, 0.15) is 65.7 Å². The lowest BCUT2D eigenvalue weighted by Crippen LogP contribution is -2.29. The third-order valence-corrected chi connectivity index (χ3v) is 8.48. The minimum Gasteiger partial charge on any atom is -0.478 e. The first-order chi connectivity index (χ1) is 19.9. The lowest BCUT2D eigenvalue weighted by molar-refractivity contribution is -0.115. The highest BCUT2D eigenvalue weighted by molar-refractivity contribution is 7.98. The van der Waals surface area contributed by atoms with Gasteiger partial charge in [0.1, 0.15) is 11.7 Å². The summed E-state index contributed by atoms with van der Waals surface area (Å²) in [7, 11) is 0. The first kappa shape index (κ1) is 33.1. The molecule has 3 rings (SSSR count). The first-order valence-corrected chi connectivity index (χ1v) is 15.2. The number of ether oxygens (including phenoxy) is 1. The van der Waals surface area contributed by atoms with Crippen molar-refractivity contribution in [2.75, 3.05) is 18.5 Å². The molecular formula is C30H43F2N7O2S. The molecule has 2 aliphatic rings. The summed E-state index contributed by atoms with van der Waals surface area (Å²) in [5.41, 5.74) is 5.57. The van der Waals surface area contributed by atoms with E-state index in [1.54, 1.807) is 18.5 Å². The molecule has 2 aliphatic carbocycles. The zero-order valence-electron chi connectivity index (χ0n) is 24.6. The molecule has 1 aromatic heterocycles. The highest BCUT2D eigenvalue weighted by Crippen LogP contribution is 2.59. The molecule has 0 aromatic carbocycles. The zero-order valence-corrected chi connectivity index (χ0v) is 25.4. The lowest BCUT2D eigenvalue weighted by Gasteiger charge is -2.34. The van der Waals surface area contributed by atoms with Gasteiger partial charge >= 0.3 is 0 Å². The van der Waals surface area contributed by atoms with Gasteiger partial charge in [0, 0.05) is 41.0 Å². The standard InChI is InChI=1S/C30H43F2N7O2S/c1-4-5-14-37-26-9-6-22(19-38-26)42-39-28(40)23(27(34)35)7-8-24(21-17-20(2)18-21)36-15-10-25(33)41-16-13-30(11-12-30)29(3,31)32/h6-10,15,19-21,33,36H,4-5,11-14,16-18H2,1-3H3,(H3,34,35)(H,37,38)(H,39,40)/b15-10-,23-7+,24-8+,33-25?. The van der Waals surface area contributed by atoms with Crippen molar-refractivity contribution in [2.45, 2.75) is 76.5 Å². The minimum absolute atomic E-state index is 0.0155. The van der Waals surface area contributed by atoms with Crippen molar-refractivity contribution in [3.05, 3.63) is 54.0 Å². The minimum atomic E-state index is -2.74. The number of halogens is 2. The van der Waals surface area contributed by atoms with Crippen molar-refractivity contribution < 1.29 is 18.3 Å². The molecule has 0 atom stereocenters. The van der Waals surface area contributed by atoms with Crippen LogP contribution in [-0.2, 0) is 9.53 Å². The third-order valence-electron chi connectivity index (χ3n) is 7.72. The number of rotatable bonds is 17. The molecule has 1 heterocycles. The van der Waals surface area contributed by atoms with Gasteiger partial charge in [-0.2, -0.15) is 0 Å². The van der Waals surface area contributed by atoms with E-state index in [9.17, 15) is 13.6 Å². The molecule has 9 nitrogen and oxygen atoms in total. The average molecular weight is 604 g/mol. The van der Waals surface area contributed by atoms with E-state index in [1.807, 2.05) is 12.1 Å². The predicted octanol–water partition coefficient (Wildman–Crippen LogP) is 6.13. The van der Waals surface area contributed by atoms with E-state index < -0.39 is 17.2 Å². The lowest BCUT2D eigenvalue weighted by atomic mass is 9.74. The van der Waals surface area contributed by atoms with Crippen molar-refractivity contribution in [3.8, 4) is 0 Å². The zero-order chi connectivity index (χ0) is 30.8. The van der Waals surface area contributed by atoms with Crippen LogP contribution in [0.25, 0.3) is 0 Å². The molecule has 0 saturated heterocycles. The van der Waals surface area contributed by atoms with Crippen molar-refractivity contribution in [2.24, 2.45) is 23.0 Å². The molecule has 1 aromatic rings. The number of nitrogens with zero attached hydrogens (tertiary/aromatic N) is 1. The Balaban J connectivity index is 1.56. The molecule has 230 valence electrons. The van der Waals surface area contributed by atoms with Crippen LogP contribution < -0.4 is 21.1 Å². The second-order valence-corrected chi connectivity index (χ2v) is 12.1. The van der Waals surface area contributed by atoms with Crippen molar-refractivity contribution >= 4 is 35.4 Å². The topological polar surface area (TPSA) is 149 Å². The van der Waals surface area contributed by atoms with E-state index in [2.05, 4.69) is 34.2 Å². The van der Waals surface area contributed by atoms with E-state index in [0.29, 0.717) is 18.8 Å². The number of hydrogen-bond donors (Lipinski definition) is 6. The summed E-state index contributed by atoms with van der Waals surface area (Å²) in [6.07, 6.45) is 13.1. The normalized spacial score (nSPS) is 20.0. The van der Waals surface area contributed by atoms with Crippen LogP contribution in [-0.4, -0.2) is 41.7 Å². The van der Waals surface area contributed by atoms with Gasteiger partial charge in [-0.25, -0.2) is 13.8 Å². The molecule has 0 spiro atoms. The molecule has 0 bridgehead atoms. The smallest absolute Gasteiger partial charge is 0.265 e. The summed E-state index contributed by atoms with van der Waals surface area (Å²) >= 11 is 1.09. The highest BCUT2D eigenvalue weighted by atomic mass is 32.2. The Labute approximate surface area is 251 Å². The van der Waals surface area contributed by atoms with Crippen molar-refractivity contribution in [1.82, 2.24) is 15.0 Å². The predicted molar refractivity (Wildman–Crippen MR) is 164 cm³/mol. The molecule has 42 heavy (non-hydrogen) atoms. The molecule has 0 unspecified atom stereocenters. The molecule has 0 aliphatic heterocycles. The van der Waals surface area contributed by atoms with Gasteiger partial charge in [0.2, 0.25) is 5.90 Å². The van der Waals surface area contributed by atoms with Crippen LogP contribution in [0.15, 0.2) is 58.9 Å². The number of amides is 1. The molecular weight excluding hydrogens is 560 g/mol. The number of carbonyl (C=O) groups is 1. The highest BCUT2D eigenvalue weighted by Gasteiger charge is 2.58. The monoisotopic (exact) mass is 603 g/mol. The number of amidine groups is 1. The SMILES string of the molecule is CCCCNc1ccc(SNC(=O)/C(=C/C=C(/N/C=C\C(=N)OCCC2(C(C)(F)F)CC2)C2CC(C)C2)C(=N)N)cn1. The number of nitrogens with two attached hydrogens (primary N) is 1. The fourth-order valence-electron chi connectivity index (χ4n) is 4.70. The van der Waals surface area contributed by atoms with Gasteiger partial charge in [-0.1, -0.05) is 20.3 Å². The molecule has 0 radical (unpaired) electrons. The molecule has 2 saturated carbocycles. The second-order valence-electron chi connectivity index (χ2n) is 11.2. The quantitative estimate of drug-likeness (QED) is 0.0313. The van der Waals surface area contributed by atoms with Crippen LogP contribution in [0.4, 0.5) is 14.6 Å². The maximum atomic E-state index is 13.7. The Morgan fingerprint density at radius 2 is 2.02 bits per heavy atom. The number of pyridine rings is 1. The van der Waals surface area contributed by atoms with Crippen LogP contribution in [0.2, 0.25) is 0 Å². The van der Waals surface area contributed by atoms with Crippen LogP contribution >= 0.6 is 11.9 Å². The summed E-state index contributed by atoms with van der Waals surface area (Å²) in [4.78, 5) is 17.9. The number of carbonyl (C=O) groups excluding carboxylic acids is 1. The fourth-order valence-corrected chi connectivity index (χ4v) is 5.26. The summed E-state index contributed by atoms with van der Waals surface area (Å²) in [5, 5.41) is 22.3. The Morgan fingerprint density at radius 1 is 1.29 bits per heavy atom. The van der Waals surface area contributed by atoms with E-state index in [0.717, 1.165) is 67.5 Å². The van der Waals surface area contributed by atoms with Gasteiger partial charge in [-0.3, -0.25) is 20.3 Å². The number of anilines is 1. The first-order valence-electron chi connectivity index (χ1n) is 14.4. The largest absolute Gasteiger partial charge is 0.478 e. The number of unbranched alkanes of at least 4 members (excludes halogenated alkanes) is 1. The Kier molecular flexibility index (Phi) is 12.0. The van der Waals surface area contributed by atoms with Gasteiger partial charge < -0.3 is 21.1 Å². The maximum Gasteiger partial charge on any atom is 0.265 e. The van der Waals surface area contributed by atoms with Gasteiger partial charge in [0.15, 0.2) is 0 Å². The van der Waals surface area contributed by atoms with E-state index in [-0.39, 0.29) is 36.3 Å². The summed E-state index contributed by atoms with van der Waals surface area (Å²) < 4.78 is 35.5. The molecule has 12 heteroatoms. The van der Waals surface area contributed by atoms with Crippen LogP contribution in [0.3, 0.4) is 0 Å². The van der Waals surface area contributed by atoms with Crippen molar-refractivity contribution in [1.29, 1.82) is 10.8 Å². The van der Waals surface area contributed by atoms with E-state index in [1.165, 1.54) is 12.2 Å². The summed E-state index contributed by atoms with van der Waals surface area (Å²) in [6, 6.07) is 3.69. The van der Waals surface area contributed by atoms with Gasteiger partial charge in [0.05, 0.1) is 12.2 Å². The van der Waals surface area contributed by atoms with E-state index >= 15 is 0 Å². The Morgan fingerprint density at radius 3 is 2.60 bits per heavy atom. The van der Waals surface area contributed by atoms with Crippen LogP contribution in [0.5, 0.6) is 0 Å². The molecule has 1 amide bonds. The number of allylic oxidation sites excluding steroid dienone is 3. The second kappa shape index (κ2) is 15.2. The van der Waals surface area contributed by atoms with Crippen LogP contribution in [0, 0.1) is 28.1 Å². The number of hydrogen-bond acceptors (Lipinski definition) is 8. The summed E-state index contributed by atoms with van der Waals surface area (Å²) in [5.74, 6) is -2.19. The van der Waals surface area contributed by atoms with E-state index in [4.69, 9.17) is 21.3 Å². The van der Waals surface area contributed by atoms with Gasteiger partial charge in [0.25, 0.3) is 11.8 Å². The third kappa shape index (κ3) is 9.85. The average Bonchev–Trinajstić information content (AvgIpc) is 3.71. The summed E-state index contributed by atoms with van der Waals surface area (Å²) in [6.45, 7) is 6.13. The molecule has 7 N–H and O–H groups in total. The van der Waals surface area contributed by atoms with Gasteiger partial charge in [-0.15, -0.1) is 0 Å². The number of nitrogens with one attached hydrogen (secondary N) is 5. The number of aromatic nitrogens is 1. The maximum absolute atomic E-state index is 13.7. The fraction of sp³-hybridized carbons (Fsp3) is 0.533. The Hall–Kier alpha value is -3.41. The molecule has 2 fully saturated rings. The van der Waals surface area contributed by atoms with Crippen molar-refractivity contribution in [3.63, 3.8) is 0 Å².